The van der Waals surface area contributed by atoms with E-state index in [4.69, 9.17) is 21.6 Å². The van der Waals surface area contributed by atoms with Crippen molar-refractivity contribution >= 4 is 23.4 Å². The number of halogens is 1. The topological polar surface area (TPSA) is 99.0 Å². The van der Waals surface area contributed by atoms with E-state index in [-0.39, 0.29) is 33.3 Å². The summed E-state index contributed by atoms with van der Waals surface area (Å²) in [7, 11) is 1.42. The minimum Gasteiger partial charge on any atom is -0.507 e. The summed E-state index contributed by atoms with van der Waals surface area (Å²) in [5, 5.41) is 19.8. The van der Waals surface area contributed by atoms with Gasteiger partial charge in [0.15, 0.2) is 5.16 Å². The Hall–Kier alpha value is -2.17. The van der Waals surface area contributed by atoms with Crippen molar-refractivity contribution in [1.82, 2.24) is 9.97 Å². The van der Waals surface area contributed by atoms with Crippen molar-refractivity contribution in [3.63, 3.8) is 0 Å². The third-order valence-electron chi connectivity index (χ3n) is 2.73. The molecule has 0 spiro atoms. The Morgan fingerprint density at radius 2 is 2.24 bits per heavy atom. The minimum atomic E-state index is -0.571. The number of aromatic hydroxyl groups is 1. The molecule has 0 fully saturated rings. The van der Waals surface area contributed by atoms with Crippen LogP contribution in [0, 0.1) is 11.3 Å². The number of thioether (sulfide) groups is 1. The maximum absolute atomic E-state index is 11.9. The summed E-state index contributed by atoms with van der Waals surface area (Å²) in [6.45, 7) is 0. The van der Waals surface area contributed by atoms with E-state index in [1.165, 1.54) is 31.0 Å². The van der Waals surface area contributed by atoms with Gasteiger partial charge in [-0.2, -0.15) is 5.26 Å². The number of nitriles is 1. The van der Waals surface area contributed by atoms with Crippen molar-refractivity contribution in [3.8, 4) is 28.8 Å². The number of ether oxygens (including phenoxy) is 1. The molecule has 108 valence electrons. The third-order valence-corrected chi connectivity index (χ3v) is 3.60. The number of H-pyrrole nitrogens is 1. The lowest BCUT2D eigenvalue weighted by molar-refractivity contribution is 0.408. The third kappa shape index (κ3) is 2.82. The highest BCUT2D eigenvalue weighted by atomic mass is 35.5. The van der Waals surface area contributed by atoms with E-state index in [2.05, 4.69) is 9.97 Å². The zero-order chi connectivity index (χ0) is 15.6. The maximum Gasteiger partial charge on any atom is 0.270 e. The number of hydrogen-bond acceptors (Lipinski definition) is 6. The van der Waals surface area contributed by atoms with Crippen molar-refractivity contribution < 1.29 is 9.84 Å². The molecule has 0 saturated carbocycles. The summed E-state index contributed by atoms with van der Waals surface area (Å²) in [5.41, 5.74) is -0.492. The van der Waals surface area contributed by atoms with Gasteiger partial charge in [0.05, 0.1) is 12.1 Å². The number of hydrogen-bond donors (Lipinski definition) is 2. The van der Waals surface area contributed by atoms with Gasteiger partial charge in [0, 0.05) is 11.6 Å². The number of aromatic nitrogens is 2. The van der Waals surface area contributed by atoms with Gasteiger partial charge in [0.2, 0.25) is 0 Å². The molecule has 6 nitrogen and oxygen atoms in total. The molecular weight excluding hydrogens is 314 g/mol. The Morgan fingerprint density at radius 1 is 1.52 bits per heavy atom. The first-order valence-electron chi connectivity index (χ1n) is 5.67. The Morgan fingerprint density at radius 3 is 2.81 bits per heavy atom. The number of nitrogens with zero attached hydrogens (tertiary/aromatic N) is 2. The van der Waals surface area contributed by atoms with Gasteiger partial charge in [0.25, 0.3) is 5.56 Å². The molecule has 0 aliphatic rings. The normalized spacial score (nSPS) is 10.2. The first-order chi connectivity index (χ1) is 10.0. The average Bonchev–Trinajstić information content (AvgIpc) is 2.48. The molecule has 0 amide bonds. The van der Waals surface area contributed by atoms with E-state index in [1.807, 2.05) is 0 Å². The monoisotopic (exact) mass is 323 g/mol. The quantitative estimate of drug-likeness (QED) is 0.664. The van der Waals surface area contributed by atoms with Crippen LogP contribution in [0.1, 0.15) is 5.56 Å². The van der Waals surface area contributed by atoms with E-state index in [1.54, 1.807) is 12.3 Å². The van der Waals surface area contributed by atoms with Crippen LogP contribution in [0.3, 0.4) is 0 Å². The van der Waals surface area contributed by atoms with Crippen LogP contribution in [-0.2, 0) is 0 Å². The lowest BCUT2D eigenvalue weighted by Crippen LogP contribution is -2.14. The Bertz CT molecular complexity index is 798. The lowest BCUT2D eigenvalue weighted by atomic mass is 10.1. The number of benzene rings is 1. The van der Waals surface area contributed by atoms with Gasteiger partial charge in [0.1, 0.15) is 28.8 Å². The molecule has 21 heavy (non-hydrogen) atoms. The predicted molar refractivity (Wildman–Crippen MR) is 80.0 cm³/mol. The first-order valence-corrected chi connectivity index (χ1v) is 7.27. The number of aromatic amines is 1. The molecule has 0 bridgehead atoms. The molecule has 1 aromatic carbocycles. The zero-order valence-electron chi connectivity index (χ0n) is 11.1. The number of phenols is 1. The Labute approximate surface area is 129 Å². The molecule has 8 heteroatoms. The zero-order valence-corrected chi connectivity index (χ0v) is 12.7. The Balaban J connectivity index is 2.78. The molecule has 0 atom stereocenters. The van der Waals surface area contributed by atoms with Gasteiger partial charge in [-0.1, -0.05) is 23.4 Å². The van der Waals surface area contributed by atoms with Crippen LogP contribution >= 0.6 is 23.4 Å². The number of methoxy groups -OCH3 is 1. The van der Waals surface area contributed by atoms with Crippen LogP contribution in [-0.4, -0.2) is 28.4 Å². The van der Waals surface area contributed by atoms with Crippen molar-refractivity contribution in [2.75, 3.05) is 13.4 Å². The maximum atomic E-state index is 11.9. The molecule has 0 radical (unpaired) electrons. The molecule has 0 unspecified atom stereocenters. The highest BCUT2D eigenvalue weighted by Crippen LogP contribution is 2.37. The Kier molecular flexibility index (Phi) is 4.40. The number of phenolic OH excluding ortho intramolecular Hbond substituents is 1. The molecule has 0 saturated heterocycles. The van der Waals surface area contributed by atoms with Crippen LogP contribution < -0.4 is 10.3 Å². The summed E-state index contributed by atoms with van der Waals surface area (Å²) in [4.78, 5) is 18.5. The van der Waals surface area contributed by atoms with E-state index in [0.717, 1.165) is 0 Å². The van der Waals surface area contributed by atoms with E-state index >= 15 is 0 Å². The second kappa shape index (κ2) is 6.08. The lowest BCUT2D eigenvalue weighted by Gasteiger charge is -2.10. The van der Waals surface area contributed by atoms with Gasteiger partial charge >= 0.3 is 0 Å². The SMILES string of the molecule is COc1cc(O)c(-c2nc(SC)[nH]c(=O)c2C#N)cc1Cl. The molecule has 2 N–H and O–H groups in total. The smallest absolute Gasteiger partial charge is 0.270 e. The standard InChI is InChI=1S/C13H10ClN3O3S/c1-20-10-4-9(18)6(3-8(10)14)11-7(5-15)12(19)17-13(16-11)21-2/h3-4,18H,1-2H3,(H,16,17,19). The average molecular weight is 324 g/mol. The fraction of sp³-hybridized carbons (Fsp3) is 0.154. The van der Waals surface area contributed by atoms with Gasteiger partial charge in [-0.25, -0.2) is 4.98 Å². The summed E-state index contributed by atoms with van der Waals surface area (Å²) in [5.74, 6) is 0.101. The van der Waals surface area contributed by atoms with E-state index in [9.17, 15) is 9.90 Å². The molecule has 2 aromatic rings. The van der Waals surface area contributed by atoms with Gasteiger partial charge in [-0.3, -0.25) is 4.79 Å². The molecule has 1 aromatic heterocycles. The van der Waals surface area contributed by atoms with Gasteiger partial charge in [-0.15, -0.1) is 0 Å². The van der Waals surface area contributed by atoms with Crippen LogP contribution in [0.4, 0.5) is 0 Å². The molecule has 0 aliphatic carbocycles. The number of rotatable bonds is 3. The molecule has 0 aliphatic heterocycles. The van der Waals surface area contributed by atoms with Crippen LogP contribution in [0.15, 0.2) is 22.1 Å². The van der Waals surface area contributed by atoms with Crippen LogP contribution in [0.25, 0.3) is 11.3 Å². The second-order valence-electron chi connectivity index (χ2n) is 3.91. The van der Waals surface area contributed by atoms with Crippen LogP contribution in [0.2, 0.25) is 5.02 Å². The molecular formula is C13H10ClN3O3S. The number of nitrogens with one attached hydrogen (secondary N) is 1. The van der Waals surface area contributed by atoms with Crippen LogP contribution in [0.5, 0.6) is 11.5 Å². The fourth-order valence-electron chi connectivity index (χ4n) is 1.74. The van der Waals surface area contributed by atoms with Gasteiger partial charge < -0.3 is 14.8 Å². The summed E-state index contributed by atoms with van der Waals surface area (Å²) in [6, 6.07) is 4.50. The van der Waals surface area contributed by atoms with Crippen molar-refractivity contribution in [2.24, 2.45) is 0 Å². The summed E-state index contributed by atoms with van der Waals surface area (Å²) < 4.78 is 4.99. The minimum absolute atomic E-state index is 0.0765. The van der Waals surface area contributed by atoms with E-state index in [0.29, 0.717) is 5.16 Å². The first kappa shape index (κ1) is 15.2. The van der Waals surface area contributed by atoms with Crippen molar-refractivity contribution in [3.05, 3.63) is 33.1 Å². The van der Waals surface area contributed by atoms with Crippen molar-refractivity contribution in [1.29, 1.82) is 5.26 Å². The summed E-state index contributed by atoms with van der Waals surface area (Å²) in [6.07, 6.45) is 1.73. The molecule has 1 heterocycles. The van der Waals surface area contributed by atoms with Gasteiger partial charge in [-0.05, 0) is 12.3 Å². The van der Waals surface area contributed by atoms with E-state index < -0.39 is 5.56 Å². The molecule has 2 rings (SSSR count). The largest absolute Gasteiger partial charge is 0.507 e. The predicted octanol–water partition coefficient (Wildman–Crippen LogP) is 2.40. The highest BCUT2D eigenvalue weighted by Gasteiger charge is 2.18. The fourth-order valence-corrected chi connectivity index (χ4v) is 2.35. The van der Waals surface area contributed by atoms with Crippen molar-refractivity contribution in [2.45, 2.75) is 5.16 Å². The summed E-state index contributed by atoms with van der Waals surface area (Å²) >= 11 is 7.24. The second-order valence-corrected chi connectivity index (χ2v) is 5.12. The highest BCUT2D eigenvalue weighted by molar-refractivity contribution is 7.98.